The van der Waals surface area contributed by atoms with Crippen LogP contribution in [-0.4, -0.2) is 45.9 Å². The number of halogens is 1. The number of nitrogens with one attached hydrogen (secondary N) is 3. The predicted octanol–water partition coefficient (Wildman–Crippen LogP) is -0.166. The molecule has 0 bridgehead atoms. The summed E-state index contributed by atoms with van der Waals surface area (Å²) in [5.74, 6) is -0.887. The van der Waals surface area contributed by atoms with Gasteiger partial charge in [-0.2, -0.15) is 0 Å². The van der Waals surface area contributed by atoms with Crippen LogP contribution in [-0.2, 0) is 19.6 Å². The molecule has 0 spiro atoms. The molecule has 1 atom stereocenters. The van der Waals surface area contributed by atoms with Crippen LogP contribution in [0.15, 0.2) is 29.2 Å². The lowest BCUT2D eigenvalue weighted by atomic mass is 10.1. The van der Waals surface area contributed by atoms with Crippen molar-refractivity contribution in [2.45, 2.75) is 24.8 Å². The minimum atomic E-state index is -3.70. The zero-order valence-corrected chi connectivity index (χ0v) is 15.7. The van der Waals surface area contributed by atoms with Gasteiger partial charge in [-0.3, -0.25) is 9.59 Å². The van der Waals surface area contributed by atoms with Crippen molar-refractivity contribution in [2.75, 3.05) is 19.6 Å². The highest BCUT2D eigenvalue weighted by atomic mass is 35.5. The molecule has 0 saturated heterocycles. The van der Waals surface area contributed by atoms with E-state index in [-0.39, 0.29) is 30.4 Å². The maximum Gasteiger partial charge on any atom is 0.240 e. The van der Waals surface area contributed by atoms with E-state index in [0.717, 1.165) is 0 Å². The molecular weight excluding hydrogens is 368 g/mol. The van der Waals surface area contributed by atoms with Gasteiger partial charge in [0.15, 0.2) is 0 Å². The van der Waals surface area contributed by atoms with Gasteiger partial charge in [-0.25, -0.2) is 13.1 Å². The molecule has 0 aliphatic heterocycles. The second-order valence-corrected chi connectivity index (χ2v) is 7.90. The second kappa shape index (κ2) is 9.71. The highest BCUT2D eigenvalue weighted by molar-refractivity contribution is 7.89. The number of amides is 2. The third-order valence-electron chi connectivity index (χ3n) is 3.29. The van der Waals surface area contributed by atoms with Crippen LogP contribution in [0.1, 0.15) is 13.8 Å². The number of benzene rings is 1. The van der Waals surface area contributed by atoms with E-state index in [2.05, 4.69) is 15.4 Å². The largest absolute Gasteiger partial charge is 0.353 e. The molecule has 0 radical (unpaired) electrons. The molecule has 2 amide bonds. The molecule has 8 nitrogen and oxygen atoms in total. The second-order valence-electron chi connectivity index (χ2n) is 5.69. The van der Waals surface area contributed by atoms with Gasteiger partial charge in [-0.1, -0.05) is 31.5 Å². The number of hydrogen-bond acceptors (Lipinski definition) is 5. The Balaban J connectivity index is 2.33. The molecule has 1 rings (SSSR count). The van der Waals surface area contributed by atoms with Crippen LogP contribution < -0.4 is 21.1 Å². The van der Waals surface area contributed by atoms with E-state index >= 15 is 0 Å². The molecule has 0 aliphatic carbocycles. The van der Waals surface area contributed by atoms with Crippen LogP contribution >= 0.6 is 11.6 Å². The van der Waals surface area contributed by atoms with Crippen LogP contribution in [0, 0.1) is 5.92 Å². The maximum absolute atomic E-state index is 12.0. The summed E-state index contributed by atoms with van der Waals surface area (Å²) < 4.78 is 26.4. The molecule has 0 unspecified atom stereocenters. The van der Waals surface area contributed by atoms with Gasteiger partial charge in [0.2, 0.25) is 21.8 Å². The summed E-state index contributed by atoms with van der Waals surface area (Å²) >= 11 is 5.76. The first-order chi connectivity index (χ1) is 11.6. The molecule has 0 aliphatic rings. The molecule has 10 heteroatoms. The number of sulfonamides is 1. The third kappa shape index (κ3) is 7.39. The minimum Gasteiger partial charge on any atom is -0.353 e. The Morgan fingerprint density at radius 2 is 1.88 bits per heavy atom. The monoisotopic (exact) mass is 390 g/mol. The lowest BCUT2D eigenvalue weighted by Crippen LogP contribution is -2.47. The minimum absolute atomic E-state index is 0.0000407. The van der Waals surface area contributed by atoms with Gasteiger partial charge in [-0.15, -0.1) is 0 Å². The van der Waals surface area contributed by atoms with Crippen molar-refractivity contribution < 1.29 is 18.0 Å². The van der Waals surface area contributed by atoms with E-state index in [1.807, 2.05) is 0 Å². The van der Waals surface area contributed by atoms with Crippen LogP contribution in [0.2, 0.25) is 5.02 Å². The van der Waals surface area contributed by atoms with Gasteiger partial charge in [-0.05, 0) is 24.1 Å². The lowest BCUT2D eigenvalue weighted by Gasteiger charge is -2.15. The average molecular weight is 391 g/mol. The van der Waals surface area contributed by atoms with E-state index in [1.54, 1.807) is 19.9 Å². The van der Waals surface area contributed by atoms with Crippen molar-refractivity contribution in [2.24, 2.45) is 11.7 Å². The molecule has 1 aromatic rings. The topological polar surface area (TPSA) is 130 Å². The Bertz CT molecular complexity index is 709. The zero-order chi connectivity index (χ0) is 19.0. The summed E-state index contributed by atoms with van der Waals surface area (Å²) in [5.41, 5.74) is 5.65. The van der Waals surface area contributed by atoms with Gasteiger partial charge in [0.25, 0.3) is 0 Å². The number of hydrogen-bond donors (Lipinski definition) is 4. The van der Waals surface area contributed by atoms with Gasteiger partial charge >= 0.3 is 0 Å². The molecule has 5 N–H and O–H groups in total. The van der Waals surface area contributed by atoms with Crippen molar-refractivity contribution >= 4 is 33.4 Å². The quantitative estimate of drug-likeness (QED) is 0.435. The van der Waals surface area contributed by atoms with E-state index in [9.17, 15) is 18.0 Å². The molecular formula is C15H23ClN4O4S. The fourth-order valence-electron chi connectivity index (χ4n) is 1.76. The van der Waals surface area contributed by atoms with Gasteiger partial charge in [0.05, 0.1) is 17.5 Å². The molecule has 1 aromatic carbocycles. The number of carbonyl (C=O) groups is 2. The smallest absolute Gasteiger partial charge is 0.240 e. The number of nitrogens with two attached hydrogens (primary N) is 1. The Morgan fingerprint density at radius 1 is 1.20 bits per heavy atom. The van der Waals surface area contributed by atoms with Gasteiger partial charge in [0.1, 0.15) is 0 Å². The summed E-state index contributed by atoms with van der Waals surface area (Å²) in [7, 11) is -3.70. The zero-order valence-electron chi connectivity index (χ0n) is 14.1. The first-order valence-corrected chi connectivity index (χ1v) is 9.55. The number of rotatable bonds is 9. The highest BCUT2D eigenvalue weighted by Crippen LogP contribution is 2.14. The van der Waals surface area contributed by atoms with Crippen molar-refractivity contribution in [3.05, 3.63) is 29.3 Å². The van der Waals surface area contributed by atoms with Crippen molar-refractivity contribution in [3.63, 3.8) is 0 Å². The summed E-state index contributed by atoms with van der Waals surface area (Å²) in [6.07, 6.45) is 0. The van der Waals surface area contributed by atoms with Crippen molar-refractivity contribution in [1.29, 1.82) is 0 Å². The molecule has 0 saturated carbocycles. The van der Waals surface area contributed by atoms with Crippen LogP contribution in [0.25, 0.3) is 0 Å². The average Bonchev–Trinajstić information content (AvgIpc) is 2.55. The number of carbonyl (C=O) groups excluding carboxylic acids is 2. The van der Waals surface area contributed by atoms with Gasteiger partial charge in [0, 0.05) is 18.1 Å². The summed E-state index contributed by atoms with van der Waals surface area (Å²) in [4.78, 5) is 23.3. The van der Waals surface area contributed by atoms with Crippen molar-refractivity contribution in [3.8, 4) is 0 Å². The van der Waals surface area contributed by atoms with E-state index in [4.69, 9.17) is 17.3 Å². The molecule has 0 heterocycles. The van der Waals surface area contributed by atoms with Crippen LogP contribution in [0.4, 0.5) is 0 Å². The first-order valence-electron chi connectivity index (χ1n) is 7.68. The fourth-order valence-corrected chi connectivity index (χ4v) is 3.09. The Hall–Kier alpha value is -1.68. The van der Waals surface area contributed by atoms with Gasteiger partial charge < -0.3 is 16.4 Å². The summed E-state index contributed by atoms with van der Waals surface area (Å²) in [6, 6.07) is 5.16. The Labute approximate surface area is 152 Å². The molecule has 0 aromatic heterocycles. The maximum atomic E-state index is 12.0. The van der Waals surface area contributed by atoms with Crippen molar-refractivity contribution in [1.82, 2.24) is 15.4 Å². The Kier molecular flexibility index (Phi) is 8.30. The fraction of sp³-hybridized carbons (Fsp3) is 0.467. The SMILES string of the molecule is CC(C)[C@H](N)C(=O)NCC(=O)NCCNS(=O)(=O)c1cccc(Cl)c1. The predicted molar refractivity (Wildman–Crippen MR) is 95.5 cm³/mol. The molecule has 25 heavy (non-hydrogen) atoms. The standard InChI is InChI=1S/C15H23ClN4O4S/c1-10(2)14(17)15(22)19-9-13(21)18-6-7-20-25(23,24)12-5-3-4-11(16)8-12/h3-5,8,10,14,20H,6-7,9,17H2,1-2H3,(H,18,21)(H,19,22)/t14-/m0/s1. The highest BCUT2D eigenvalue weighted by Gasteiger charge is 2.17. The lowest BCUT2D eigenvalue weighted by molar-refractivity contribution is -0.127. The van der Waals surface area contributed by atoms with E-state index < -0.39 is 27.9 Å². The Morgan fingerprint density at radius 3 is 2.48 bits per heavy atom. The van der Waals surface area contributed by atoms with E-state index in [0.29, 0.717) is 5.02 Å². The van der Waals surface area contributed by atoms with E-state index in [1.165, 1.54) is 18.2 Å². The summed E-state index contributed by atoms with van der Waals surface area (Å²) in [5, 5.41) is 5.23. The third-order valence-corrected chi connectivity index (χ3v) is 4.98. The van der Waals surface area contributed by atoms with Crippen LogP contribution in [0.5, 0.6) is 0 Å². The molecule has 0 fully saturated rings. The molecule has 140 valence electrons. The first kappa shape index (κ1) is 21.4. The normalized spacial score (nSPS) is 12.7. The van der Waals surface area contributed by atoms with Crippen LogP contribution in [0.3, 0.4) is 0 Å². The summed E-state index contributed by atoms with van der Waals surface area (Å²) in [6.45, 7) is 3.46.